The number of hydrogen-bond donors (Lipinski definition) is 0. The summed E-state index contributed by atoms with van der Waals surface area (Å²) in [7, 11) is 0. The van der Waals surface area contributed by atoms with E-state index in [1.807, 2.05) is 26.0 Å². The molecule has 0 aromatic carbocycles. The van der Waals surface area contributed by atoms with Crippen molar-refractivity contribution in [3.8, 4) is 0 Å². The third kappa shape index (κ3) is 5.46. The Balaban J connectivity index is 2.39. The molecule has 1 aromatic rings. The maximum absolute atomic E-state index is 5.73. The quantitative estimate of drug-likeness (QED) is 0.689. The van der Waals surface area contributed by atoms with Crippen LogP contribution in [0.25, 0.3) is 0 Å². The Morgan fingerprint density at radius 1 is 1.35 bits per heavy atom. The molecule has 0 saturated heterocycles. The van der Waals surface area contributed by atoms with Gasteiger partial charge in [0.25, 0.3) is 0 Å². The fourth-order valence-corrected chi connectivity index (χ4v) is 2.11. The Hall–Kier alpha value is 0.0300. The van der Waals surface area contributed by atoms with Crippen molar-refractivity contribution in [1.29, 1.82) is 0 Å². The predicted molar refractivity (Wildman–Crippen MR) is 75.5 cm³/mol. The molecule has 96 valence electrons. The fraction of sp³-hybridized carbons (Fsp3) is 0.583. The summed E-state index contributed by atoms with van der Waals surface area (Å²) in [4.78, 5) is 4.30. The highest BCUT2D eigenvalue weighted by atomic mass is 79.9. The second-order valence-electron chi connectivity index (χ2n) is 3.72. The number of alkyl halides is 1. The fourth-order valence-electron chi connectivity index (χ4n) is 1.35. The number of rotatable bonds is 7. The molecule has 0 radical (unpaired) electrons. The molecule has 1 heterocycles. The van der Waals surface area contributed by atoms with E-state index in [0.717, 1.165) is 15.5 Å². The van der Waals surface area contributed by atoms with Crippen LogP contribution in [0.15, 0.2) is 22.8 Å². The van der Waals surface area contributed by atoms with Crippen molar-refractivity contribution in [2.45, 2.75) is 26.1 Å². The van der Waals surface area contributed by atoms with E-state index in [-0.39, 0.29) is 12.2 Å². The summed E-state index contributed by atoms with van der Waals surface area (Å²) in [5.74, 6) is 0. The molecule has 0 aliphatic rings. The summed E-state index contributed by atoms with van der Waals surface area (Å²) in [6, 6.07) is 3.86. The Morgan fingerprint density at radius 2 is 2.12 bits per heavy atom. The van der Waals surface area contributed by atoms with Crippen LogP contribution in [0.4, 0.5) is 0 Å². The Kier molecular flexibility index (Phi) is 7.27. The van der Waals surface area contributed by atoms with E-state index in [0.29, 0.717) is 13.2 Å². The van der Waals surface area contributed by atoms with Crippen LogP contribution in [0.1, 0.15) is 25.6 Å². The van der Waals surface area contributed by atoms with E-state index in [4.69, 9.17) is 9.47 Å². The largest absolute Gasteiger partial charge is 0.375 e. The van der Waals surface area contributed by atoms with E-state index in [1.165, 1.54) is 0 Å². The van der Waals surface area contributed by atoms with Crippen LogP contribution in [-0.4, -0.2) is 29.6 Å². The number of nitrogens with zero attached hydrogens (tertiary/aromatic N) is 1. The summed E-state index contributed by atoms with van der Waals surface area (Å²) >= 11 is 6.79. The van der Waals surface area contributed by atoms with Crippen LogP contribution in [-0.2, 0) is 9.47 Å². The lowest BCUT2D eigenvalue weighted by molar-refractivity contribution is -0.0290. The molecule has 0 aliphatic carbocycles. The molecule has 0 fully saturated rings. The van der Waals surface area contributed by atoms with Gasteiger partial charge in [-0.25, -0.2) is 0 Å². The maximum atomic E-state index is 5.73. The summed E-state index contributed by atoms with van der Waals surface area (Å²) in [5, 5.41) is 0.846. The van der Waals surface area contributed by atoms with Gasteiger partial charge in [0.15, 0.2) is 0 Å². The number of hydrogen-bond acceptors (Lipinski definition) is 3. The molecule has 0 amide bonds. The zero-order valence-electron chi connectivity index (χ0n) is 10.0. The SMILES string of the molecule is C[C@H](OC[C@H](C)OCCBr)c1ncccc1Br. The summed E-state index contributed by atoms with van der Waals surface area (Å²) < 4.78 is 12.2. The lowest BCUT2D eigenvalue weighted by Crippen LogP contribution is -2.18. The first-order valence-electron chi connectivity index (χ1n) is 5.54. The Bertz CT molecular complexity index is 336. The molecule has 0 bridgehead atoms. The molecule has 2 atom stereocenters. The summed E-state index contributed by atoms with van der Waals surface area (Å²) in [5.41, 5.74) is 0.917. The van der Waals surface area contributed by atoms with Gasteiger partial charge in [-0.2, -0.15) is 0 Å². The van der Waals surface area contributed by atoms with Crippen molar-refractivity contribution in [2.24, 2.45) is 0 Å². The number of ether oxygens (including phenoxy) is 2. The van der Waals surface area contributed by atoms with Crippen LogP contribution in [0.3, 0.4) is 0 Å². The molecule has 17 heavy (non-hydrogen) atoms. The minimum atomic E-state index is -0.0411. The van der Waals surface area contributed by atoms with E-state index in [2.05, 4.69) is 36.8 Å². The average Bonchev–Trinajstić information content (AvgIpc) is 2.34. The number of halogens is 2. The molecule has 0 N–H and O–H groups in total. The van der Waals surface area contributed by atoms with Gasteiger partial charge in [-0.3, -0.25) is 4.98 Å². The second kappa shape index (κ2) is 8.19. The first kappa shape index (κ1) is 15.1. The zero-order chi connectivity index (χ0) is 12.7. The van der Waals surface area contributed by atoms with Gasteiger partial charge in [0, 0.05) is 16.0 Å². The molecule has 0 spiro atoms. The van der Waals surface area contributed by atoms with Gasteiger partial charge < -0.3 is 9.47 Å². The van der Waals surface area contributed by atoms with E-state index < -0.39 is 0 Å². The first-order valence-corrected chi connectivity index (χ1v) is 7.46. The van der Waals surface area contributed by atoms with Crippen molar-refractivity contribution in [1.82, 2.24) is 4.98 Å². The third-order valence-corrected chi connectivity index (χ3v) is 3.23. The lowest BCUT2D eigenvalue weighted by atomic mass is 10.2. The molecular formula is C12H17Br2NO2. The monoisotopic (exact) mass is 365 g/mol. The van der Waals surface area contributed by atoms with Crippen molar-refractivity contribution in [2.75, 3.05) is 18.5 Å². The van der Waals surface area contributed by atoms with Crippen molar-refractivity contribution in [3.63, 3.8) is 0 Å². The molecular weight excluding hydrogens is 350 g/mol. The van der Waals surface area contributed by atoms with Gasteiger partial charge in [-0.1, -0.05) is 15.9 Å². The predicted octanol–water partition coefficient (Wildman–Crippen LogP) is 3.72. The Morgan fingerprint density at radius 3 is 2.76 bits per heavy atom. The van der Waals surface area contributed by atoms with E-state index in [1.54, 1.807) is 6.20 Å². The minimum Gasteiger partial charge on any atom is -0.375 e. The third-order valence-electron chi connectivity index (χ3n) is 2.23. The highest BCUT2D eigenvalue weighted by Gasteiger charge is 2.12. The number of aromatic nitrogens is 1. The molecule has 1 rings (SSSR count). The number of pyridine rings is 1. The molecule has 3 nitrogen and oxygen atoms in total. The molecule has 5 heteroatoms. The van der Waals surface area contributed by atoms with Crippen LogP contribution in [0.5, 0.6) is 0 Å². The van der Waals surface area contributed by atoms with Crippen LogP contribution < -0.4 is 0 Å². The molecule has 0 unspecified atom stereocenters. The second-order valence-corrected chi connectivity index (χ2v) is 5.36. The highest BCUT2D eigenvalue weighted by Crippen LogP contribution is 2.23. The van der Waals surface area contributed by atoms with Crippen LogP contribution >= 0.6 is 31.9 Å². The first-order chi connectivity index (χ1) is 8.15. The van der Waals surface area contributed by atoms with Crippen molar-refractivity contribution >= 4 is 31.9 Å². The lowest BCUT2D eigenvalue weighted by Gasteiger charge is -2.17. The maximum Gasteiger partial charge on any atom is 0.0979 e. The van der Waals surface area contributed by atoms with Gasteiger partial charge in [0.1, 0.15) is 0 Å². The van der Waals surface area contributed by atoms with Gasteiger partial charge in [0.2, 0.25) is 0 Å². The summed E-state index contributed by atoms with van der Waals surface area (Å²) in [6.07, 6.45) is 1.82. The van der Waals surface area contributed by atoms with E-state index >= 15 is 0 Å². The topological polar surface area (TPSA) is 31.4 Å². The van der Waals surface area contributed by atoms with Gasteiger partial charge in [-0.05, 0) is 41.9 Å². The van der Waals surface area contributed by atoms with Crippen molar-refractivity contribution in [3.05, 3.63) is 28.5 Å². The molecule has 1 aromatic heterocycles. The Labute approximate surface area is 119 Å². The van der Waals surface area contributed by atoms with E-state index in [9.17, 15) is 0 Å². The van der Waals surface area contributed by atoms with Gasteiger partial charge in [-0.15, -0.1) is 0 Å². The zero-order valence-corrected chi connectivity index (χ0v) is 13.2. The van der Waals surface area contributed by atoms with Gasteiger partial charge in [0.05, 0.1) is 31.1 Å². The van der Waals surface area contributed by atoms with Crippen LogP contribution in [0, 0.1) is 0 Å². The summed E-state index contributed by atoms with van der Waals surface area (Å²) in [6.45, 7) is 5.26. The smallest absolute Gasteiger partial charge is 0.0979 e. The minimum absolute atomic E-state index is 0.0411. The highest BCUT2D eigenvalue weighted by molar-refractivity contribution is 9.10. The van der Waals surface area contributed by atoms with Crippen molar-refractivity contribution < 1.29 is 9.47 Å². The standard InChI is InChI=1S/C12H17Br2NO2/c1-9(16-7-5-13)8-17-10(2)12-11(14)4-3-6-15-12/h3-4,6,9-10H,5,7-8H2,1-2H3/t9-,10-/m0/s1. The molecule has 0 saturated carbocycles. The normalized spacial score (nSPS) is 14.6. The van der Waals surface area contributed by atoms with Crippen LogP contribution in [0.2, 0.25) is 0 Å². The average molecular weight is 367 g/mol. The van der Waals surface area contributed by atoms with Gasteiger partial charge >= 0.3 is 0 Å². The molecule has 0 aliphatic heterocycles.